The summed E-state index contributed by atoms with van der Waals surface area (Å²) in [5.74, 6) is 0.374. The van der Waals surface area contributed by atoms with Crippen molar-refractivity contribution < 1.29 is 19.4 Å². The highest BCUT2D eigenvalue weighted by Crippen LogP contribution is 2.38. The first-order valence-electron chi connectivity index (χ1n) is 12.6. The summed E-state index contributed by atoms with van der Waals surface area (Å²) < 4.78 is 11.3. The molecule has 1 aliphatic rings. The molecule has 1 heterocycles. The normalized spacial score (nSPS) is 17.2. The first-order valence-corrected chi connectivity index (χ1v) is 12.6. The maximum Gasteiger partial charge on any atom is 0.335 e. The van der Waals surface area contributed by atoms with Gasteiger partial charge in [0, 0.05) is 23.4 Å². The highest BCUT2D eigenvalue weighted by molar-refractivity contribution is 5.94. The Kier molecular flexibility index (Phi) is 9.96. The van der Waals surface area contributed by atoms with Gasteiger partial charge in [0.1, 0.15) is 11.5 Å². The van der Waals surface area contributed by atoms with Crippen LogP contribution in [0.15, 0.2) is 66.3 Å². The number of methoxy groups -OCH3 is 2. The second-order valence-electron chi connectivity index (χ2n) is 8.87. The minimum Gasteiger partial charge on any atom is -0.496 e. The maximum atomic E-state index is 12.3. The zero-order chi connectivity index (χ0) is 26.0. The van der Waals surface area contributed by atoms with Crippen LogP contribution in [0.1, 0.15) is 37.8 Å². The predicted molar refractivity (Wildman–Crippen MR) is 144 cm³/mol. The maximum absolute atomic E-state index is 12.3. The number of hydrogen-bond acceptors (Lipinski definition) is 6. The number of hydrogen-bond donors (Lipinski definition) is 3. The molecule has 0 aliphatic carbocycles. The van der Waals surface area contributed by atoms with Crippen LogP contribution in [-0.4, -0.2) is 62.9 Å². The monoisotopic (exact) mass is 493 g/mol. The number of rotatable bonds is 14. The fourth-order valence-corrected chi connectivity index (χ4v) is 4.67. The van der Waals surface area contributed by atoms with E-state index in [1.807, 2.05) is 48.5 Å². The lowest BCUT2D eigenvalue weighted by atomic mass is 9.83. The minimum atomic E-state index is -0.984. The third-order valence-electron chi connectivity index (χ3n) is 6.67. The highest BCUT2D eigenvalue weighted by Gasteiger charge is 2.37. The van der Waals surface area contributed by atoms with E-state index >= 15 is 0 Å². The Hall–Kier alpha value is -3.29. The van der Waals surface area contributed by atoms with Gasteiger partial charge in [-0.25, -0.2) is 4.79 Å². The van der Waals surface area contributed by atoms with Crippen LogP contribution in [0.3, 0.4) is 0 Å². The molecule has 3 rings (SSSR count). The standard InChI is InChI=1S/C29H39N3O4/c1-5-32(6-2)18-12-11-17-30-21-29(24-14-8-10-16-27(24)36-4)20-22(28(33)34)19-25(31-29)23-13-7-9-15-26(23)35-3/h7-10,13-16,19-20,30-31H,5-6,11-12,17-18,21H2,1-4H3,(H,33,34). The van der Waals surface area contributed by atoms with Crippen LogP contribution in [0, 0.1) is 0 Å². The molecule has 194 valence electrons. The van der Waals surface area contributed by atoms with E-state index in [0.717, 1.165) is 50.1 Å². The Balaban J connectivity index is 1.94. The van der Waals surface area contributed by atoms with Crippen LogP contribution < -0.4 is 20.1 Å². The van der Waals surface area contributed by atoms with E-state index in [-0.39, 0.29) is 5.57 Å². The smallest absolute Gasteiger partial charge is 0.335 e. The largest absolute Gasteiger partial charge is 0.496 e. The Bertz CT molecular complexity index is 1080. The number of carbonyl (C=O) groups is 1. The number of dihydropyridines is 1. The second-order valence-corrected chi connectivity index (χ2v) is 8.87. The fraction of sp³-hybridized carbons (Fsp3) is 0.414. The molecule has 7 nitrogen and oxygen atoms in total. The topological polar surface area (TPSA) is 83.1 Å². The van der Waals surface area contributed by atoms with Gasteiger partial charge in [-0.2, -0.15) is 0 Å². The third-order valence-corrected chi connectivity index (χ3v) is 6.67. The molecule has 0 saturated carbocycles. The first-order chi connectivity index (χ1) is 17.5. The Morgan fingerprint density at radius 2 is 1.67 bits per heavy atom. The van der Waals surface area contributed by atoms with Gasteiger partial charge >= 0.3 is 5.97 Å². The summed E-state index contributed by atoms with van der Waals surface area (Å²) in [6.45, 7) is 8.89. The number of nitrogens with one attached hydrogen (secondary N) is 2. The van der Waals surface area contributed by atoms with E-state index in [1.165, 1.54) is 0 Å². The van der Waals surface area contributed by atoms with Gasteiger partial charge in [-0.3, -0.25) is 0 Å². The van der Waals surface area contributed by atoms with E-state index in [4.69, 9.17) is 9.47 Å². The number of aliphatic carboxylic acids is 1. The van der Waals surface area contributed by atoms with Gasteiger partial charge < -0.3 is 30.1 Å². The van der Waals surface area contributed by atoms with E-state index < -0.39 is 11.5 Å². The average molecular weight is 494 g/mol. The molecule has 0 radical (unpaired) electrons. The molecule has 7 heteroatoms. The molecule has 36 heavy (non-hydrogen) atoms. The lowest BCUT2D eigenvalue weighted by Crippen LogP contribution is -2.50. The van der Waals surface area contributed by atoms with Crippen LogP contribution in [0.25, 0.3) is 5.70 Å². The first kappa shape index (κ1) is 27.3. The molecular weight excluding hydrogens is 454 g/mol. The molecule has 1 unspecified atom stereocenters. The number of nitrogens with zero attached hydrogens (tertiary/aromatic N) is 1. The van der Waals surface area contributed by atoms with Crippen LogP contribution in [0.2, 0.25) is 0 Å². The van der Waals surface area contributed by atoms with E-state index in [2.05, 4.69) is 29.4 Å². The van der Waals surface area contributed by atoms with Crippen LogP contribution in [0.5, 0.6) is 11.5 Å². The summed E-state index contributed by atoms with van der Waals surface area (Å²) in [7, 11) is 3.25. The van der Waals surface area contributed by atoms with Gasteiger partial charge in [0.15, 0.2) is 0 Å². The summed E-state index contributed by atoms with van der Waals surface area (Å²) in [5.41, 5.74) is 1.71. The van der Waals surface area contributed by atoms with Crippen molar-refractivity contribution >= 4 is 11.7 Å². The summed E-state index contributed by atoms with van der Waals surface area (Å²) in [5, 5.41) is 17.3. The molecule has 0 spiro atoms. The molecule has 1 aliphatic heterocycles. The molecule has 2 aromatic rings. The van der Waals surface area contributed by atoms with Crippen LogP contribution >= 0.6 is 0 Å². The Morgan fingerprint density at radius 3 is 2.33 bits per heavy atom. The van der Waals surface area contributed by atoms with E-state index in [0.29, 0.717) is 23.7 Å². The molecule has 0 bridgehead atoms. The molecule has 3 N–H and O–H groups in total. The van der Waals surface area contributed by atoms with Gasteiger partial charge in [0.05, 0.1) is 25.3 Å². The Morgan fingerprint density at radius 1 is 1.00 bits per heavy atom. The molecule has 0 fully saturated rings. The van der Waals surface area contributed by atoms with Gasteiger partial charge in [0.25, 0.3) is 0 Å². The van der Waals surface area contributed by atoms with Crippen molar-refractivity contribution in [2.75, 3.05) is 46.9 Å². The molecule has 0 saturated heterocycles. The molecule has 0 amide bonds. The molecule has 2 aromatic carbocycles. The van der Waals surface area contributed by atoms with Crippen molar-refractivity contribution in [2.45, 2.75) is 32.2 Å². The zero-order valence-corrected chi connectivity index (χ0v) is 21.8. The van der Waals surface area contributed by atoms with Gasteiger partial charge in [-0.15, -0.1) is 0 Å². The van der Waals surface area contributed by atoms with E-state index in [9.17, 15) is 9.90 Å². The SMILES string of the molecule is CCN(CC)CCCCNCC1(c2ccccc2OC)C=C(C(=O)O)C=C(c2ccccc2OC)N1. The van der Waals surface area contributed by atoms with Crippen molar-refractivity contribution in [1.29, 1.82) is 0 Å². The van der Waals surface area contributed by atoms with Crippen molar-refractivity contribution in [3.8, 4) is 11.5 Å². The summed E-state index contributed by atoms with van der Waals surface area (Å²) in [6.07, 6.45) is 5.59. The zero-order valence-electron chi connectivity index (χ0n) is 21.8. The van der Waals surface area contributed by atoms with E-state index in [1.54, 1.807) is 26.4 Å². The van der Waals surface area contributed by atoms with Crippen molar-refractivity contribution in [3.63, 3.8) is 0 Å². The van der Waals surface area contributed by atoms with Crippen molar-refractivity contribution in [2.24, 2.45) is 0 Å². The predicted octanol–water partition coefficient (Wildman–Crippen LogP) is 4.27. The van der Waals surface area contributed by atoms with Crippen LogP contribution in [-0.2, 0) is 10.3 Å². The third kappa shape index (κ3) is 6.47. The van der Waals surface area contributed by atoms with Crippen LogP contribution in [0.4, 0.5) is 0 Å². The number of carboxylic acid groups (broad SMARTS) is 1. The van der Waals surface area contributed by atoms with Gasteiger partial charge in [-0.05, 0) is 69.4 Å². The number of carboxylic acids is 1. The molecule has 1 atom stereocenters. The number of para-hydroxylation sites is 2. The number of ether oxygens (including phenoxy) is 2. The quantitative estimate of drug-likeness (QED) is 0.339. The minimum absolute atomic E-state index is 0.212. The highest BCUT2D eigenvalue weighted by atomic mass is 16.5. The lowest BCUT2D eigenvalue weighted by Gasteiger charge is -2.39. The summed E-state index contributed by atoms with van der Waals surface area (Å²) in [4.78, 5) is 14.7. The molecule has 0 aromatic heterocycles. The number of benzene rings is 2. The van der Waals surface area contributed by atoms with Crippen molar-refractivity contribution in [3.05, 3.63) is 77.4 Å². The van der Waals surface area contributed by atoms with Crippen molar-refractivity contribution in [1.82, 2.24) is 15.5 Å². The second kappa shape index (κ2) is 13.1. The Labute approximate surface area is 214 Å². The lowest BCUT2D eigenvalue weighted by molar-refractivity contribution is -0.132. The van der Waals surface area contributed by atoms with Gasteiger partial charge in [0.2, 0.25) is 0 Å². The summed E-state index contributed by atoms with van der Waals surface area (Å²) in [6, 6.07) is 15.4. The number of unbranched alkanes of at least 4 members (excludes halogenated alkanes) is 1. The van der Waals surface area contributed by atoms with Gasteiger partial charge in [-0.1, -0.05) is 44.2 Å². The summed E-state index contributed by atoms with van der Waals surface area (Å²) >= 11 is 0. The average Bonchev–Trinajstić information content (AvgIpc) is 2.92. The fourth-order valence-electron chi connectivity index (χ4n) is 4.67. The molecular formula is C29H39N3O4.